The first-order valence-corrected chi connectivity index (χ1v) is 9.83. The van der Waals surface area contributed by atoms with Crippen LogP contribution in [-0.4, -0.2) is 78.6 Å². The number of nitrogens with one attached hydrogen (secondary N) is 1. The second-order valence-corrected chi connectivity index (χ2v) is 8.60. The van der Waals surface area contributed by atoms with Crippen LogP contribution in [0.25, 0.3) is 0 Å². The molecule has 0 aliphatic carbocycles. The molecule has 0 saturated carbocycles. The van der Waals surface area contributed by atoms with E-state index in [4.69, 9.17) is 16.2 Å². The highest BCUT2D eigenvalue weighted by Gasteiger charge is 2.44. The van der Waals surface area contributed by atoms with Gasteiger partial charge in [0.2, 0.25) is 5.91 Å². The summed E-state index contributed by atoms with van der Waals surface area (Å²) in [5.41, 5.74) is 10.9. The largest absolute Gasteiger partial charge is 0.507 e. The highest BCUT2D eigenvalue weighted by atomic mass is 16.5. The molecule has 0 spiro atoms. The van der Waals surface area contributed by atoms with Crippen molar-refractivity contribution in [3.8, 4) is 11.5 Å². The van der Waals surface area contributed by atoms with E-state index in [0.29, 0.717) is 38.3 Å². The lowest BCUT2D eigenvalue weighted by molar-refractivity contribution is -0.127. The minimum absolute atomic E-state index is 0.156. The number of ether oxygens (including phenoxy) is 1. The quantitative estimate of drug-likeness (QED) is 0.330. The van der Waals surface area contributed by atoms with Crippen LogP contribution in [0, 0.1) is 0 Å². The van der Waals surface area contributed by atoms with Gasteiger partial charge in [-0.3, -0.25) is 9.69 Å². The van der Waals surface area contributed by atoms with E-state index in [9.17, 15) is 19.8 Å². The minimum Gasteiger partial charge on any atom is -0.507 e. The van der Waals surface area contributed by atoms with Crippen molar-refractivity contribution in [2.75, 3.05) is 32.7 Å². The Morgan fingerprint density at radius 2 is 2.10 bits per heavy atom. The van der Waals surface area contributed by atoms with Gasteiger partial charge in [-0.15, -0.1) is 0 Å². The zero-order chi connectivity index (χ0) is 21.4. The molecule has 2 aliphatic rings. The van der Waals surface area contributed by atoms with Crippen LogP contribution in [0.1, 0.15) is 29.8 Å². The van der Waals surface area contributed by atoms with Crippen molar-refractivity contribution in [2.24, 2.45) is 11.5 Å². The fraction of sp³-hybridized carbons (Fsp3) is 0.579. The highest BCUT2D eigenvalue weighted by molar-refractivity contribution is 6.54. The number of carbonyl (C=O) groups is 2. The Bertz CT molecular complexity index is 806. The number of carboxylic acids is 1. The molecule has 1 aromatic rings. The maximum atomic E-state index is 12.1. The fourth-order valence-electron chi connectivity index (χ4n) is 3.65. The third-order valence-corrected chi connectivity index (χ3v) is 5.72. The first-order chi connectivity index (χ1) is 13.6. The number of phenols is 1. The van der Waals surface area contributed by atoms with E-state index in [1.54, 1.807) is 19.1 Å². The number of likely N-dealkylation sites (tertiary alicyclic amines) is 1. The smallest absolute Gasteiger partial charge is 0.343 e. The van der Waals surface area contributed by atoms with Crippen LogP contribution in [0.3, 0.4) is 0 Å². The van der Waals surface area contributed by atoms with Crippen molar-refractivity contribution in [1.29, 1.82) is 0 Å². The maximum absolute atomic E-state index is 12.1. The number of amides is 1. The lowest BCUT2D eigenvalue weighted by Gasteiger charge is -2.42. The van der Waals surface area contributed by atoms with Crippen molar-refractivity contribution >= 4 is 19.2 Å². The molecule has 1 amide bonds. The third-order valence-electron chi connectivity index (χ3n) is 5.72. The van der Waals surface area contributed by atoms with Crippen molar-refractivity contribution < 1.29 is 24.5 Å². The SMILES string of the molecule is CC(N)(CN1CC(Oc2ccc(C3(C)BC3)c(O)c2C(=O)O)C1)C(=O)NCCN. The Hall–Kier alpha value is -2.30. The average Bonchev–Trinajstić information content (AvgIpc) is 3.35. The van der Waals surface area contributed by atoms with Crippen molar-refractivity contribution in [2.45, 2.75) is 37.1 Å². The molecule has 1 aromatic carbocycles. The van der Waals surface area contributed by atoms with Gasteiger partial charge < -0.3 is 31.7 Å². The van der Waals surface area contributed by atoms with Gasteiger partial charge in [-0.25, -0.2) is 4.79 Å². The van der Waals surface area contributed by atoms with Crippen molar-refractivity contribution in [3.63, 3.8) is 0 Å². The van der Waals surface area contributed by atoms with Crippen LogP contribution in [0.5, 0.6) is 11.5 Å². The third kappa shape index (κ3) is 4.49. The molecule has 0 bridgehead atoms. The number of hydrogen-bond donors (Lipinski definition) is 5. The highest BCUT2D eigenvalue weighted by Crippen LogP contribution is 2.47. The summed E-state index contributed by atoms with van der Waals surface area (Å²) in [6.45, 7) is 5.74. The van der Waals surface area contributed by atoms with Gasteiger partial charge in [-0.2, -0.15) is 0 Å². The molecule has 2 unspecified atom stereocenters. The summed E-state index contributed by atoms with van der Waals surface area (Å²) in [7, 11) is 0.925. The summed E-state index contributed by atoms with van der Waals surface area (Å²) in [6, 6.07) is 3.37. The number of nitrogens with zero attached hydrogens (tertiary/aromatic N) is 1. The van der Waals surface area contributed by atoms with Gasteiger partial charge in [0, 0.05) is 32.7 Å². The zero-order valence-corrected chi connectivity index (χ0v) is 16.9. The number of nitrogens with two attached hydrogens (primary N) is 2. The van der Waals surface area contributed by atoms with Crippen LogP contribution < -0.4 is 21.5 Å². The van der Waals surface area contributed by atoms with Crippen LogP contribution in [0.4, 0.5) is 0 Å². The fourth-order valence-corrected chi connectivity index (χ4v) is 3.65. The summed E-state index contributed by atoms with van der Waals surface area (Å²) < 4.78 is 5.84. The van der Waals surface area contributed by atoms with Gasteiger partial charge in [-0.1, -0.05) is 19.3 Å². The molecule has 29 heavy (non-hydrogen) atoms. The number of aromatic carboxylic acids is 1. The second kappa shape index (κ2) is 7.85. The molecule has 2 saturated heterocycles. The summed E-state index contributed by atoms with van der Waals surface area (Å²) >= 11 is 0. The predicted molar refractivity (Wildman–Crippen MR) is 110 cm³/mol. The first-order valence-electron chi connectivity index (χ1n) is 9.83. The molecule has 0 radical (unpaired) electrons. The molecule has 2 aliphatic heterocycles. The normalized spacial score (nSPS) is 23.4. The van der Waals surface area contributed by atoms with Gasteiger partial charge in [0.15, 0.2) is 0 Å². The van der Waals surface area contributed by atoms with Crippen molar-refractivity contribution in [1.82, 2.24) is 10.2 Å². The summed E-state index contributed by atoms with van der Waals surface area (Å²) in [6.07, 6.45) is 0.687. The summed E-state index contributed by atoms with van der Waals surface area (Å²) in [5.74, 6) is -1.54. The maximum Gasteiger partial charge on any atom is 0.343 e. The van der Waals surface area contributed by atoms with E-state index >= 15 is 0 Å². The van der Waals surface area contributed by atoms with E-state index < -0.39 is 11.5 Å². The molecule has 2 fully saturated rings. The first kappa shape index (κ1) is 21.4. The number of hydrogen-bond acceptors (Lipinski definition) is 7. The topological polar surface area (TPSA) is 151 Å². The number of carboxylic acid groups (broad SMARTS) is 1. The average molecular weight is 404 g/mol. The summed E-state index contributed by atoms with van der Waals surface area (Å²) in [5, 5.41) is 22.6. The number of aromatic hydroxyl groups is 1. The molecule has 9 nitrogen and oxygen atoms in total. The second-order valence-electron chi connectivity index (χ2n) is 8.60. The van der Waals surface area contributed by atoms with Gasteiger partial charge >= 0.3 is 5.97 Å². The number of benzene rings is 1. The standard InChI is InChI=1S/C19H29BN4O5/c1-18(9-20-18)12-3-4-13(14(15(12)25)16(26)27)29-11-7-24(8-11)10-19(2,22)17(28)23-6-5-21/h3-4,11,20,25H,5-10,21-22H2,1-2H3,(H,23,28)(H,26,27). The molecule has 2 atom stereocenters. The van der Waals surface area contributed by atoms with Crippen LogP contribution >= 0.6 is 0 Å². The molecule has 10 heteroatoms. The molecule has 2 heterocycles. The predicted octanol–water partition coefficient (Wildman–Crippen LogP) is -0.971. The monoisotopic (exact) mass is 404 g/mol. The van der Waals surface area contributed by atoms with Gasteiger partial charge in [-0.05, 0) is 23.9 Å². The van der Waals surface area contributed by atoms with Crippen LogP contribution in [0.2, 0.25) is 6.32 Å². The molecule has 7 N–H and O–H groups in total. The van der Waals surface area contributed by atoms with E-state index in [2.05, 4.69) is 5.32 Å². The van der Waals surface area contributed by atoms with Gasteiger partial charge in [0.05, 0.1) is 0 Å². The van der Waals surface area contributed by atoms with Crippen LogP contribution in [-0.2, 0) is 10.1 Å². The Labute approximate surface area is 170 Å². The van der Waals surface area contributed by atoms with Crippen molar-refractivity contribution in [3.05, 3.63) is 23.3 Å². The Kier molecular flexibility index (Phi) is 5.80. The van der Waals surface area contributed by atoms with E-state index in [1.807, 2.05) is 11.8 Å². The molecular formula is C19H29BN4O5. The van der Waals surface area contributed by atoms with E-state index in [-0.39, 0.29) is 34.4 Å². The van der Waals surface area contributed by atoms with Gasteiger partial charge in [0.25, 0.3) is 0 Å². The molecule has 0 aromatic heterocycles. The minimum atomic E-state index is -1.22. The molecule has 3 rings (SSSR count). The van der Waals surface area contributed by atoms with E-state index in [0.717, 1.165) is 13.6 Å². The Morgan fingerprint density at radius 3 is 2.66 bits per heavy atom. The number of carbonyl (C=O) groups excluding carboxylic acids is 1. The van der Waals surface area contributed by atoms with Crippen LogP contribution in [0.15, 0.2) is 12.1 Å². The lowest BCUT2D eigenvalue weighted by Crippen LogP contribution is -2.64. The summed E-state index contributed by atoms with van der Waals surface area (Å²) in [4.78, 5) is 25.8. The lowest BCUT2D eigenvalue weighted by atomic mass is 9.81. The zero-order valence-electron chi connectivity index (χ0n) is 16.9. The molecule has 158 valence electrons. The number of rotatable bonds is 9. The Balaban J connectivity index is 1.61. The Morgan fingerprint density at radius 1 is 1.45 bits per heavy atom. The van der Waals surface area contributed by atoms with Gasteiger partial charge in [0.1, 0.15) is 36.0 Å². The molecular weight excluding hydrogens is 375 g/mol. The van der Waals surface area contributed by atoms with E-state index in [1.165, 1.54) is 0 Å².